The van der Waals surface area contributed by atoms with Crippen LogP contribution in [0.4, 0.5) is 0 Å². The highest BCUT2D eigenvalue weighted by atomic mass is 32.2. The third-order valence-corrected chi connectivity index (χ3v) is 3.37. The van der Waals surface area contributed by atoms with E-state index in [-0.39, 0.29) is 23.7 Å². The van der Waals surface area contributed by atoms with Gasteiger partial charge in [-0.05, 0) is 6.42 Å². The Morgan fingerprint density at radius 3 is 2.17 bits per heavy atom. The first-order chi connectivity index (χ1) is 5.52. The Kier molecular flexibility index (Phi) is 5.13. The van der Waals surface area contributed by atoms with E-state index in [1.807, 2.05) is 6.92 Å². The molecule has 0 N–H and O–H groups in total. The first-order valence-electron chi connectivity index (χ1n) is 4.24. The van der Waals surface area contributed by atoms with Crippen molar-refractivity contribution in [2.75, 3.05) is 11.5 Å². The largest absolute Gasteiger partial charge is 0.300 e. The molecule has 0 fully saturated rings. The van der Waals surface area contributed by atoms with Gasteiger partial charge in [-0.3, -0.25) is 4.79 Å². The van der Waals surface area contributed by atoms with Crippen LogP contribution < -0.4 is 0 Å². The number of hydrogen-bond donors (Lipinski definition) is 0. The van der Waals surface area contributed by atoms with Crippen LogP contribution in [0.5, 0.6) is 0 Å². The van der Waals surface area contributed by atoms with Gasteiger partial charge in [-0.2, -0.15) is 0 Å². The van der Waals surface area contributed by atoms with E-state index in [4.69, 9.17) is 0 Å². The van der Waals surface area contributed by atoms with E-state index < -0.39 is 9.84 Å². The van der Waals surface area contributed by atoms with Crippen LogP contribution in [-0.4, -0.2) is 25.7 Å². The van der Waals surface area contributed by atoms with Crippen LogP contribution in [0.1, 0.15) is 33.1 Å². The van der Waals surface area contributed by atoms with Crippen LogP contribution in [0, 0.1) is 0 Å². The smallest absolute Gasteiger partial charge is 0.150 e. The summed E-state index contributed by atoms with van der Waals surface area (Å²) in [6, 6.07) is 0. The summed E-state index contributed by atoms with van der Waals surface area (Å²) in [6.07, 6.45) is 1.48. The van der Waals surface area contributed by atoms with E-state index in [0.29, 0.717) is 6.42 Å². The lowest BCUT2D eigenvalue weighted by molar-refractivity contribution is -0.118. The van der Waals surface area contributed by atoms with Crippen molar-refractivity contribution < 1.29 is 13.2 Å². The molecule has 0 radical (unpaired) electrons. The van der Waals surface area contributed by atoms with Crippen LogP contribution in [0.3, 0.4) is 0 Å². The molecule has 0 spiro atoms. The molecule has 0 bridgehead atoms. The molecule has 12 heavy (non-hydrogen) atoms. The Morgan fingerprint density at radius 2 is 1.75 bits per heavy atom. The summed E-state index contributed by atoms with van der Waals surface area (Å²) in [6.45, 7) is 3.51. The number of carbonyl (C=O) groups excluding carboxylic acids is 1. The van der Waals surface area contributed by atoms with E-state index in [1.165, 1.54) is 0 Å². The third-order valence-electron chi connectivity index (χ3n) is 1.66. The van der Waals surface area contributed by atoms with Gasteiger partial charge in [-0.1, -0.05) is 13.8 Å². The van der Waals surface area contributed by atoms with E-state index in [2.05, 4.69) is 0 Å². The molecule has 72 valence electrons. The van der Waals surface area contributed by atoms with Crippen molar-refractivity contribution in [2.45, 2.75) is 33.1 Å². The average Bonchev–Trinajstić information content (AvgIpc) is 2.02. The SMILES string of the molecule is CCCC(=O)CCS(=O)(=O)CC. The Hall–Kier alpha value is -0.380. The summed E-state index contributed by atoms with van der Waals surface area (Å²) in [5.41, 5.74) is 0. The summed E-state index contributed by atoms with van der Waals surface area (Å²) < 4.78 is 21.9. The molecule has 3 nitrogen and oxygen atoms in total. The molecule has 0 aliphatic heterocycles. The molecule has 0 aliphatic carbocycles. The first kappa shape index (κ1) is 11.6. The zero-order chi connectivity index (χ0) is 9.61. The van der Waals surface area contributed by atoms with Gasteiger partial charge in [0.25, 0.3) is 0 Å². The van der Waals surface area contributed by atoms with Crippen molar-refractivity contribution in [3.05, 3.63) is 0 Å². The average molecular weight is 192 g/mol. The maximum Gasteiger partial charge on any atom is 0.150 e. The van der Waals surface area contributed by atoms with Gasteiger partial charge in [0.05, 0.1) is 5.75 Å². The minimum atomic E-state index is -2.95. The zero-order valence-corrected chi connectivity index (χ0v) is 8.49. The second-order valence-corrected chi connectivity index (χ2v) is 5.25. The first-order valence-corrected chi connectivity index (χ1v) is 6.06. The van der Waals surface area contributed by atoms with E-state index in [9.17, 15) is 13.2 Å². The highest BCUT2D eigenvalue weighted by molar-refractivity contribution is 7.91. The lowest BCUT2D eigenvalue weighted by Gasteiger charge is -1.99. The number of Topliss-reactive ketones (excluding diaryl/α,β-unsaturated/α-hetero) is 1. The number of carbonyl (C=O) groups is 1. The predicted octanol–water partition coefficient (Wildman–Crippen LogP) is 1.18. The summed E-state index contributed by atoms with van der Waals surface area (Å²) >= 11 is 0. The molecule has 0 aromatic rings. The molecule has 4 heteroatoms. The van der Waals surface area contributed by atoms with Crippen LogP contribution in [0.15, 0.2) is 0 Å². The molecule has 0 amide bonds. The maximum absolute atomic E-state index is 11.0. The molecule has 0 saturated heterocycles. The van der Waals surface area contributed by atoms with Crippen molar-refractivity contribution in [2.24, 2.45) is 0 Å². The predicted molar refractivity (Wildman–Crippen MR) is 48.9 cm³/mol. The standard InChI is InChI=1S/C8H16O3S/c1-3-5-8(9)6-7-12(10,11)4-2/h3-7H2,1-2H3. The van der Waals surface area contributed by atoms with Crippen molar-refractivity contribution in [1.82, 2.24) is 0 Å². The normalized spacial score (nSPS) is 11.5. The molecule has 0 atom stereocenters. The Labute approximate surface area is 74.1 Å². The Morgan fingerprint density at radius 1 is 1.17 bits per heavy atom. The molecule has 0 aliphatic rings. The molecular formula is C8H16O3S. The second-order valence-electron chi connectivity index (χ2n) is 2.78. The van der Waals surface area contributed by atoms with E-state index >= 15 is 0 Å². The van der Waals surface area contributed by atoms with Crippen molar-refractivity contribution >= 4 is 15.6 Å². The monoisotopic (exact) mass is 192 g/mol. The molecule has 0 heterocycles. The fourth-order valence-electron chi connectivity index (χ4n) is 0.818. The number of hydrogen-bond acceptors (Lipinski definition) is 3. The molecule has 0 unspecified atom stereocenters. The zero-order valence-electron chi connectivity index (χ0n) is 7.67. The van der Waals surface area contributed by atoms with Crippen molar-refractivity contribution in [3.8, 4) is 0 Å². The van der Waals surface area contributed by atoms with Crippen LogP contribution >= 0.6 is 0 Å². The van der Waals surface area contributed by atoms with E-state index in [1.54, 1.807) is 6.92 Å². The topological polar surface area (TPSA) is 51.2 Å². The molecule has 0 aromatic carbocycles. The lowest BCUT2D eigenvalue weighted by atomic mass is 10.2. The molecular weight excluding hydrogens is 176 g/mol. The van der Waals surface area contributed by atoms with Gasteiger partial charge in [-0.15, -0.1) is 0 Å². The summed E-state index contributed by atoms with van der Waals surface area (Å²) in [5.74, 6) is 0.198. The second kappa shape index (κ2) is 5.30. The van der Waals surface area contributed by atoms with Gasteiger partial charge in [-0.25, -0.2) is 8.42 Å². The highest BCUT2D eigenvalue weighted by Crippen LogP contribution is 1.98. The van der Waals surface area contributed by atoms with Gasteiger partial charge < -0.3 is 0 Å². The van der Waals surface area contributed by atoms with Crippen LogP contribution in [-0.2, 0) is 14.6 Å². The van der Waals surface area contributed by atoms with Gasteiger partial charge in [0, 0.05) is 18.6 Å². The third kappa shape index (κ3) is 5.29. The van der Waals surface area contributed by atoms with Crippen molar-refractivity contribution in [3.63, 3.8) is 0 Å². The highest BCUT2D eigenvalue weighted by Gasteiger charge is 2.09. The minimum absolute atomic E-state index is 0.0162. The summed E-state index contributed by atoms with van der Waals surface area (Å²) in [4.78, 5) is 10.9. The fourth-order valence-corrected chi connectivity index (χ4v) is 1.64. The van der Waals surface area contributed by atoms with Gasteiger partial charge in [0.2, 0.25) is 0 Å². The van der Waals surface area contributed by atoms with Gasteiger partial charge in [0.1, 0.15) is 15.6 Å². The molecule has 0 rings (SSSR count). The Bertz CT molecular complexity index is 229. The lowest BCUT2D eigenvalue weighted by Crippen LogP contribution is -2.12. The number of ketones is 1. The van der Waals surface area contributed by atoms with Gasteiger partial charge in [0.15, 0.2) is 0 Å². The minimum Gasteiger partial charge on any atom is -0.300 e. The summed E-state index contributed by atoms with van der Waals surface area (Å²) in [7, 11) is -2.95. The van der Waals surface area contributed by atoms with Crippen LogP contribution in [0.2, 0.25) is 0 Å². The van der Waals surface area contributed by atoms with Crippen LogP contribution in [0.25, 0.3) is 0 Å². The maximum atomic E-state index is 11.0. The fraction of sp³-hybridized carbons (Fsp3) is 0.875. The van der Waals surface area contributed by atoms with Gasteiger partial charge >= 0.3 is 0 Å². The summed E-state index contributed by atoms with van der Waals surface area (Å²) in [5, 5.41) is 0. The number of sulfone groups is 1. The Balaban J connectivity index is 3.76. The quantitative estimate of drug-likeness (QED) is 0.635. The van der Waals surface area contributed by atoms with Crippen molar-refractivity contribution in [1.29, 1.82) is 0 Å². The number of rotatable bonds is 6. The molecule has 0 saturated carbocycles. The molecule has 0 aromatic heterocycles. The van der Waals surface area contributed by atoms with E-state index in [0.717, 1.165) is 6.42 Å².